The smallest absolute Gasteiger partial charge is 0.321 e. The lowest BCUT2D eigenvalue weighted by Gasteiger charge is -2.14. The molecule has 0 aromatic heterocycles. The molecule has 5 heteroatoms. The highest BCUT2D eigenvalue weighted by molar-refractivity contribution is 5.94. The molecule has 0 unspecified atom stereocenters. The maximum absolute atomic E-state index is 11.8. The summed E-state index contributed by atoms with van der Waals surface area (Å²) >= 11 is 0. The van der Waals surface area contributed by atoms with Gasteiger partial charge in [-0.25, -0.2) is 0 Å². The molecule has 1 amide bonds. The molecular weight excluding hydrogens is 244 g/mol. The summed E-state index contributed by atoms with van der Waals surface area (Å²) < 4.78 is 0. The van der Waals surface area contributed by atoms with Crippen LogP contribution >= 0.6 is 0 Å². The minimum atomic E-state index is -1.01. The van der Waals surface area contributed by atoms with E-state index in [0.717, 1.165) is 12.0 Å². The van der Waals surface area contributed by atoms with Crippen molar-refractivity contribution in [3.05, 3.63) is 29.8 Å². The molecule has 1 rings (SSSR count). The molecule has 0 radical (unpaired) electrons. The van der Waals surface area contributed by atoms with Gasteiger partial charge in [0, 0.05) is 5.69 Å². The van der Waals surface area contributed by atoms with Crippen LogP contribution in [-0.2, 0) is 9.59 Å². The highest BCUT2D eigenvalue weighted by Crippen LogP contribution is 2.13. The van der Waals surface area contributed by atoms with Crippen LogP contribution in [-0.4, -0.2) is 29.6 Å². The Kier molecular flexibility index (Phi) is 6.02. The highest BCUT2D eigenvalue weighted by Gasteiger charge is 2.20. The van der Waals surface area contributed by atoms with Crippen LogP contribution in [0.5, 0.6) is 0 Å². The van der Waals surface area contributed by atoms with Gasteiger partial charge in [-0.2, -0.15) is 0 Å². The lowest BCUT2D eigenvalue weighted by Crippen LogP contribution is -2.40. The Balaban J connectivity index is 2.58. The molecule has 0 fully saturated rings. The average Bonchev–Trinajstić information content (AvgIpc) is 2.37. The highest BCUT2D eigenvalue weighted by atomic mass is 16.4. The predicted molar refractivity (Wildman–Crippen MR) is 74.1 cm³/mol. The Morgan fingerprint density at radius 1 is 1.32 bits per heavy atom. The van der Waals surface area contributed by atoms with Crippen molar-refractivity contribution in [1.29, 1.82) is 0 Å². The number of amides is 1. The molecule has 104 valence electrons. The Labute approximate surface area is 113 Å². The van der Waals surface area contributed by atoms with E-state index in [1.165, 1.54) is 0 Å². The summed E-state index contributed by atoms with van der Waals surface area (Å²) in [4.78, 5) is 22.8. The second kappa shape index (κ2) is 7.53. The van der Waals surface area contributed by atoms with Gasteiger partial charge in [-0.3, -0.25) is 9.59 Å². The number of hydrogen-bond acceptors (Lipinski definition) is 3. The molecular formula is C14H20N2O3. The molecule has 0 saturated carbocycles. The standard InChI is InChI=1S/C14H20N2O3/c1-3-8-15-12(14(18)19)9-13(17)16-11-7-5-4-6-10(11)2/h4-7,12,15H,3,8-9H2,1-2H3,(H,16,17)(H,18,19)/t12-/m0/s1. The summed E-state index contributed by atoms with van der Waals surface area (Å²) in [7, 11) is 0. The lowest BCUT2D eigenvalue weighted by atomic mass is 10.1. The Morgan fingerprint density at radius 2 is 2.00 bits per heavy atom. The molecule has 5 nitrogen and oxygen atoms in total. The minimum Gasteiger partial charge on any atom is -0.480 e. The van der Waals surface area contributed by atoms with E-state index in [2.05, 4.69) is 10.6 Å². The van der Waals surface area contributed by atoms with E-state index in [1.807, 2.05) is 32.0 Å². The maximum Gasteiger partial charge on any atom is 0.321 e. The van der Waals surface area contributed by atoms with Gasteiger partial charge in [-0.1, -0.05) is 25.1 Å². The van der Waals surface area contributed by atoms with Crippen molar-refractivity contribution < 1.29 is 14.7 Å². The molecule has 19 heavy (non-hydrogen) atoms. The number of rotatable bonds is 7. The number of anilines is 1. The fourth-order valence-corrected chi connectivity index (χ4v) is 1.67. The van der Waals surface area contributed by atoms with Crippen molar-refractivity contribution in [2.75, 3.05) is 11.9 Å². The van der Waals surface area contributed by atoms with Gasteiger partial charge < -0.3 is 15.7 Å². The van der Waals surface area contributed by atoms with Crippen molar-refractivity contribution in [1.82, 2.24) is 5.32 Å². The van der Waals surface area contributed by atoms with Crippen LogP contribution in [0.2, 0.25) is 0 Å². The third kappa shape index (κ3) is 5.09. The first-order chi connectivity index (χ1) is 9.04. The third-order valence-electron chi connectivity index (χ3n) is 2.75. The normalized spacial score (nSPS) is 11.9. The van der Waals surface area contributed by atoms with E-state index < -0.39 is 12.0 Å². The summed E-state index contributed by atoms with van der Waals surface area (Å²) in [6.45, 7) is 4.41. The number of hydrogen-bond donors (Lipinski definition) is 3. The SMILES string of the molecule is CCCN[C@@H](CC(=O)Nc1ccccc1C)C(=O)O. The number of carboxylic acid groups (broad SMARTS) is 1. The van der Waals surface area contributed by atoms with Gasteiger partial charge in [0.15, 0.2) is 0 Å². The largest absolute Gasteiger partial charge is 0.480 e. The van der Waals surface area contributed by atoms with Crippen LogP contribution in [0.3, 0.4) is 0 Å². The Hall–Kier alpha value is -1.88. The van der Waals surface area contributed by atoms with Crippen LogP contribution in [0.15, 0.2) is 24.3 Å². The number of benzene rings is 1. The molecule has 1 atom stereocenters. The van der Waals surface area contributed by atoms with Gasteiger partial charge in [0.1, 0.15) is 6.04 Å². The molecule has 0 bridgehead atoms. The van der Waals surface area contributed by atoms with Gasteiger partial charge in [-0.15, -0.1) is 0 Å². The maximum atomic E-state index is 11.8. The molecule has 3 N–H and O–H groups in total. The van der Waals surface area contributed by atoms with Gasteiger partial charge in [0.25, 0.3) is 0 Å². The number of carboxylic acids is 1. The first-order valence-electron chi connectivity index (χ1n) is 6.36. The van der Waals surface area contributed by atoms with Crippen LogP contribution in [0.4, 0.5) is 5.69 Å². The quantitative estimate of drug-likeness (QED) is 0.701. The second-order valence-electron chi connectivity index (χ2n) is 4.41. The lowest BCUT2D eigenvalue weighted by molar-refractivity contribution is -0.141. The molecule has 0 saturated heterocycles. The first-order valence-corrected chi connectivity index (χ1v) is 6.36. The van der Waals surface area contributed by atoms with E-state index in [4.69, 9.17) is 5.11 Å². The molecule has 1 aromatic rings. The number of aliphatic carboxylic acids is 1. The molecule has 0 aliphatic carbocycles. The zero-order valence-corrected chi connectivity index (χ0v) is 11.3. The van der Waals surface area contributed by atoms with Crippen LogP contribution < -0.4 is 10.6 Å². The summed E-state index contributed by atoms with van der Waals surface area (Å²) in [5.74, 6) is -1.31. The van der Waals surface area contributed by atoms with Crippen molar-refractivity contribution in [2.45, 2.75) is 32.7 Å². The zero-order chi connectivity index (χ0) is 14.3. The number of nitrogens with one attached hydrogen (secondary N) is 2. The Bertz CT molecular complexity index is 446. The second-order valence-corrected chi connectivity index (χ2v) is 4.41. The fraction of sp³-hybridized carbons (Fsp3) is 0.429. The molecule has 0 spiro atoms. The first kappa shape index (κ1) is 15.2. The average molecular weight is 264 g/mol. The van der Waals surface area contributed by atoms with Crippen LogP contribution in [0.1, 0.15) is 25.3 Å². The van der Waals surface area contributed by atoms with E-state index in [-0.39, 0.29) is 12.3 Å². The summed E-state index contributed by atoms with van der Waals surface area (Å²) in [6.07, 6.45) is 0.743. The molecule has 0 aliphatic heterocycles. The number of carbonyl (C=O) groups excluding carboxylic acids is 1. The topological polar surface area (TPSA) is 78.4 Å². The molecule has 0 heterocycles. The van der Waals surface area contributed by atoms with E-state index in [0.29, 0.717) is 12.2 Å². The van der Waals surface area contributed by atoms with Crippen LogP contribution in [0, 0.1) is 6.92 Å². The summed E-state index contributed by atoms with van der Waals surface area (Å²) in [5, 5.41) is 14.6. The van der Waals surface area contributed by atoms with E-state index >= 15 is 0 Å². The number of para-hydroxylation sites is 1. The third-order valence-corrected chi connectivity index (χ3v) is 2.75. The minimum absolute atomic E-state index is 0.0797. The fourth-order valence-electron chi connectivity index (χ4n) is 1.67. The Morgan fingerprint density at radius 3 is 2.58 bits per heavy atom. The van der Waals surface area contributed by atoms with Crippen molar-refractivity contribution >= 4 is 17.6 Å². The van der Waals surface area contributed by atoms with E-state index in [9.17, 15) is 9.59 Å². The monoisotopic (exact) mass is 264 g/mol. The van der Waals surface area contributed by atoms with Gasteiger partial charge in [-0.05, 0) is 31.5 Å². The van der Waals surface area contributed by atoms with Gasteiger partial charge in [0.2, 0.25) is 5.91 Å². The van der Waals surface area contributed by atoms with Crippen molar-refractivity contribution in [3.8, 4) is 0 Å². The molecule has 0 aliphatic rings. The number of carbonyl (C=O) groups is 2. The summed E-state index contributed by atoms with van der Waals surface area (Å²) in [6, 6.07) is 6.55. The van der Waals surface area contributed by atoms with Crippen molar-refractivity contribution in [3.63, 3.8) is 0 Å². The van der Waals surface area contributed by atoms with Crippen LogP contribution in [0.25, 0.3) is 0 Å². The molecule has 1 aromatic carbocycles. The van der Waals surface area contributed by atoms with E-state index in [1.54, 1.807) is 6.07 Å². The van der Waals surface area contributed by atoms with Crippen molar-refractivity contribution in [2.24, 2.45) is 0 Å². The van der Waals surface area contributed by atoms with Gasteiger partial charge >= 0.3 is 5.97 Å². The summed E-state index contributed by atoms with van der Waals surface area (Å²) in [5.41, 5.74) is 1.66. The number of aryl methyl sites for hydroxylation is 1. The van der Waals surface area contributed by atoms with Gasteiger partial charge in [0.05, 0.1) is 6.42 Å². The predicted octanol–water partition coefficient (Wildman–Crippen LogP) is 1.78. The zero-order valence-electron chi connectivity index (χ0n) is 11.3.